The number of carbonyl (C=O) groups is 3. The summed E-state index contributed by atoms with van der Waals surface area (Å²) in [4.78, 5) is 39.4. The molecule has 0 aliphatic carbocycles. The topological polar surface area (TPSA) is 84.9 Å². The van der Waals surface area contributed by atoms with Gasteiger partial charge in [0.05, 0.1) is 16.4 Å². The van der Waals surface area contributed by atoms with Crippen molar-refractivity contribution in [2.24, 2.45) is 0 Å². The van der Waals surface area contributed by atoms with Crippen LogP contribution in [0.3, 0.4) is 0 Å². The van der Waals surface area contributed by atoms with Gasteiger partial charge in [-0.1, -0.05) is 18.2 Å². The third-order valence-electron chi connectivity index (χ3n) is 5.71. The number of nitrogens with zero attached hydrogens (tertiary/aromatic N) is 1. The molecule has 1 fully saturated rings. The van der Waals surface area contributed by atoms with Crippen molar-refractivity contribution >= 4 is 74.8 Å². The number of hydrogen-bond donors (Lipinski definition) is 1. The molecule has 9 heteroatoms. The highest BCUT2D eigenvalue weighted by Gasteiger charge is 2.37. The minimum atomic E-state index is -0.781. The van der Waals surface area contributed by atoms with Crippen molar-refractivity contribution in [3.05, 3.63) is 89.6 Å². The van der Waals surface area contributed by atoms with Crippen molar-refractivity contribution in [3.63, 3.8) is 0 Å². The second-order valence-electron chi connectivity index (χ2n) is 8.18. The predicted molar refractivity (Wildman–Crippen MR) is 154 cm³/mol. The zero-order valence-corrected chi connectivity index (χ0v) is 24.0. The number of halogens is 2. The monoisotopic (exact) mass is 708 g/mol. The van der Waals surface area contributed by atoms with E-state index in [1.807, 2.05) is 44.2 Å². The fraction of sp³-hybridized carbons (Fsp3) is 0.148. The van der Waals surface area contributed by atoms with E-state index in [0.717, 1.165) is 28.7 Å². The highest BCUT2D eigenvalue weighted by atomic mass is 127. The molecular weight excluding hydrogens is 686 g/mol. The standard InChI is InChI=1S/C27H22I2N2O5/c1-15-4-9-20(10-16(15)2)31-26(33)21(25(32)30-27(31)34)11-18-12-22(29)24(23(13-18)35-3)36-14-17-5-7-19(28)8-6-17/h4-13H,14H2,1-3H3,(H,30,32,34)/b21-11+. The predicted octanol–water partition coefficient (Wildman–Crippen LogP) is 5.77. The lowest BCUT2D eigenvalue weighted by Crippen LogP contribution is -2.54. The SMILES string of the molecule is COc1cc(/C=C2\C(=O)NC(=O)N(c3ccc(C)c(C)c3)C2=O)cc(I)c1OCc1ccc(I)cc1. The molecule has 7 nitrogen and oxygen atoms in total. The van der Waals surface area contributed by atoms with Crippen LogP contribution in [0.4, 0.5) is 10.5 Å². The Morgan fingerprint density at radius 2 is 1.67 bits per heavy atom. The number of anilines is 1. The molecule has 4 amide bonds. The molecule has 3 aromatic rings. The molecule has 3 aromatic carbocycles. The summed E-state index contributed by atoms with van der Waals surface area (Å²) in [7, 11) is 1.53. The lowest BCUT2D eigenvalue weighted by molar-refractivity contribution is -0.122. The summed E-state index contributed by atoms with van der Waals surface area (Å²) < 4.78 is 13.5. The van der Waals surface area contributed by atoms with E-state index in [2.05, 4.69) is 50.5 Å². The van der Waals surface area contributed by atoms with Crippen LogP contribution in [0.15, 0.2) is 60.2 Å². The maximum atomic E-state index is 13.3. The summed E-state index contributed by atoms with van der Waals surface area (Å²) in [6.45, 7) is 4.19. The Balaban J connectivity index is 1.64. The van der Waals surface area contributed by atoms with Crippen LogP contribution >= 0.6 is 45.2 Å². The summed E-state index contributed by atoms with van der Waals surface area (Å²) in [6, 6.07) is 16.0. The van der Waals surface area contributed by atoms with E-state index >= 15 is 0 Å². The quantitative estimate of drug-likeness (QED) is 0.200. The average Bonchev–Trinajstić information content (AvgIpc) is 2.84. The molecule has 184 valence electrons. The summed E-state index contributed by atoms with van der Waals surface area (Å²) in [5.41, 5.74) is 3.77. The number of amides is 4. The molecule has 36 heavy (non-hydrogen) atoms. The number of urea groups is 1. The zero-order chi connectivity index (χ0) is 26.0. The van der Waals surface area contributed by atoms with Gasteiger partial charge in [0, 0.05) is 3.57 Å². The highest BCUT2D eigenvalue weighted by molar-refractivity contribution is 14.1. The van der Waals surface area contributed by atoms with Gasteiger partial charge in [-0.25, -0.2) is 9.69 Å². The van der Waals surface area contributed by atoms with Gasteiger partial charge in [-0.15, -0.1) is 0 Å². The molecule has 0 spiro atoms. The molecule has 0 bridgehead atoms. The molecule has 1 heterocycles. The Morgan fingerprint density at radius 1 is 0.944 bits per heavy atom. The number of imide groups is 2. The molecule has 0 atom stereocenters. The number of ether oxygens (including phenoxy) is 2. The Kier molecular flexibility index (Phi) is 7.98. The van der Waals surface area contributed by atoms with Crippen LogP contribution in [0.1, 0.15) is 22.3 Å². The largest absolute Gasteiger partial charge is 0.493 e. The van der Waals surface area contributed by atoms with E-state index in [1.54, 1.807) is 24.3 Å². The van der Waals surface area contributed by atoms with Gasteiger partial charge >= 0.3 is 6.03 Å². The second-order valence-corrected chi connectivity index (χ2v) is 10.6. The molecule has 1 aliphatic heterocycles. The minimum absolute atomic E-state index is 0.154. The molecule has 0 radical (unpaired) electrons. The summed E-state index contributed by atoms with van der Waals surface area (Å²) >= 11 is 4.37. The number of nitrogens with one attached hydrogen (secondary N) is 1. The molecule has 0 saturated carbocycles. The van der Waals surface area contributed by atoms with Crippen LogP contribution in [0.5, 0.6) is 11.5 Å². The Labute approximate surface area is 236 Å². The number of barbiturate groups is 1. The normalized spacial score (nSPS) is 14.8. The summed E-state index contributed by atoms with van der Waals surface area (Å²) in [5, 5.41) is 2.26. The fourth-order valence-electron chi connectivity index (χ4n) is 3.62. The average molecular weight is 708 g/mol. The molecule has 1 aliphatic rings. The van der Waals surface area contributed by atoms with E-state index in [4.69, 9.17) is 9.47 Å². The third-order valence-corrected chi connectivity index (χ3v) is 7.23. The lowest BCUT2D eigenvalue weighted by Gasteiger charge is -2.27. The number of carbonyl (C=O) groups excluding carboxylic acids is 3. The summed E-state index contributed by atoms with van der Waals surface area (Å²) in [6.07, 6.45) is 1.45. The van der Waals surface area contributed by atoms with Crippen LogP contribution in [0.2, 0.25) is 0 Å². The first-order valence-corrected chi connectivity index (χ1v) is 13.1. The number of benzene rings is 3. The molecular formula is C27H22I2N2O5. The smallest absolute Gasteiger partial charge is 0.335 e. The first-order valence-electron chi connectivity index (χ1n) is 10.9. The van der Waals surface area contributed by atoms with Crippen molar-refractivity contribution in [2.75, 3.05) is 12.0 Å². The van der Waals surface area contributed by atoms with Crippen molar-refractivity contribution in [2.45, 2.75) is 20.5 Å². The number of hydrogen-bond acceptors (Lipinski definition) is 5. The van der Waals surface area contributed by atoms with E-state index in [1.165, 1.54) is 13.2 Å². The number of methoxy groups -OCH3 is 1. The van der Waals surface area contributed by atoms with Crippen LogP contribution in [0, 0.1) is 21.0 Å². The Bertz CT molecular complexity index is 1400. The molecule has 1 saturated heterocycles. The van der Waals surface area contributed by atoms with E-state index in [-0.39, 0.29) is 5.57 Å². The first kappa shape index (κ1) is 26.1. The number of aryl methyl sites for hydroxylation is 2. The first-order chi connectivity index (χ1) is 17.2. The maximum absolute atomic E-state index is 13.3. The van der Waals surface area contributed by atoms with Gasteiger partial charge in [-0.2, -0.15) is 0 Å². The van der Waals surface area contributed by atoms with Gasteiger partial charge in [0.1, 0.15) is 12.2 Å². The second kappa shape index (κ2) is 11.0. The minimum Gasteiger partial charge on any atom is -0.493 e. The van der Waals surface area contributed by atoms with Crippen molar-refractivity contribution in [1.82, 2.24) is 5.32 Å². The highest BCUT2D eigenvalue weighted by Crippen LogP contribution is 2.35. The van der Waals surface area contributed by atoms with Gasteiger partial charge in [-0.05, 0) is 124 Å². The van der Waals surface area contributed by atoms with Crippen LogP contribution in [0.25, 0.3) is 6.08 Å². The maximum Gasteiger partial charge on any atom is 0.335 e. The number of rotatable bonds is 6. The zero-order valence-electron chi connectivity index (χ0n) is 19.7. The Hall–Kier alpha value is -2.93. The van der Waals surface area contributed by atoms with Gasteiger partial charge in [0.25, 0.3) is 11.8 Å². The van der Waals surface area contributed by atoms with E-state index in [0.29, 0.717) is 29.4 Å². The van der Waals surface area contributed by atoms with E-state index in [9.17, 15) is 14.4 Å². The lowest BCUT2D eigenvalue weighted by atomic mass is 10.0. The van der Waals surface area contributed by atoms with E-state index < -0.39 is 17.8 Å². The van der Waals surface area contributed by atoms with Gasteiger partial charge in [0.2, 0.25) is 0 Å². The molecule has 4 rings (SSSR count). The van der Waals surface area contributed by atoms with Gasteiger partial charge in [0.15, 0.2) is 11.5 Å². The fourth-order valence-corrected chi connectivity index (χ4v) is 4.76. The van der Waals surface area contributed by atoms with Crippen molar-refractivity contribution < 1.29 is 23.9 Å². The molecule has 0 aromatic heterocycles. The van der Waals surface area contributed by atoms with Crippen LogP contribution in [-0.4, -0.2) is 25.0 Å². The van der Waals surface area contributed by atoms with Gasteiger partial charge in [-0.3, -0.25) is 14.9 Å². The van der Waals surface area contributed by atoms with Crippen LogP contribution in [-0.2, 0) is 16.2 Å². The van der Waals surface area contributed by atoms with Gasteiger partial charge < -0.3 is 9.47 Å². The third kappa shape index (κ3) is 5.56. The van der Waals surface area contributed by atoms with Crippen molar-refractivity contribution in [3.8, 4) is 11.5 Å². The molecule has 0 unspecified atom stereocenters. The van der Waals surface area contributed by atoms with Crippen LogP contribution < -0.4 is 19.7 Å². The molecule has 1 N–H and O–H groups in total. The van der Waals surface area contributed by atoms with Crippen molar-refractivity contribution in [1.29, 1.82) is 0 Å². The Morgan fingerprint density at radius 3 is 2.33 bits per heavy atom. The summed E-state index contributed by atoms with van der Waals surface area (Å²) in [5.74, 6) is -0.423.